The van der Waals surface area contributed by atoms with E-state index >= 15 is 0 Å². The maximum absolute atomic E-state index is 13.7. The lowest BCUT2D eigenvalue weighted by Crippen LogP contribution is -2.45. The summed E-state index contributed by atoms with van der Waals surface area (Å²) in [6.07, 6.45) is 2.78. The molecule has 0 radical (unpaired) electrons. The van der Waals surface area contributed by atoms with Crippen LogP contribution in [0.3, 0.4) is 0 Å². The van der Waals surface area contributed by atoms with Crippen LogP contribution in [0.15, 0.2) is 30.3 Å². The number of hydrogen-bond donors (Lipinski definition) is 3. The molecule has 32 heavy (non-hydrogen) atoms. The van der Waals surface area contributed by atoms with E-state index in [2.05, 4.69) is 11.4 Å². The van der Waals surface area contributed by atoms with Crippen LogP contribution in [0.25, 0.3) is 5.57 Å². The summed E-state index contributed by atoms with van der Waals surface area (Å²) in [5, 5.41) is 23.1. The van der Waals surface area contributed by atoms with Gasteiger partial charge in [0.1, 0.15) is 12.8 Å². The minimum absolute atomic E-state index is 0.0363. The Morgan fingerprint density at radius 1 is 1.34 bits per heavy atom. The van der Waals surface area contributed by atoms with Gasteiger partial charge in [-0.25, -0.2) is 4.39 Å². The average molecular weight is 467 g/mol. The highest BCUT2D eigenvalue weighted by Crippen LogP contribution is 2.27. The number of nitrogens with one attached hydrogen (secondary N) is 1. The molecule has 3 N–H and O–H groups in total. The molecule has 1 aromatic rings. The topological polar surface area (TPSA) is 82.0 Å². The number of aliphatic hydroxyl groups is 2. The number of benzene rings is 1. The maximum atomic E-state index is 13.7. The number of carbonyl (C=O) groups is 1. The summed E-state index contributed by atoms with van der Waals surface area (Å²) in [5.41, 5.74) is 3.01. The molecule has 0 saturated carbocycles. The first-order valence-electron chi connectivity index (χ1n) is 11.3. The lowest BCUT2D eigenvalue weighted by Gasteiger charge is -2.36. The van der Waals surface area contributed by atoms with Crippen LogP contribution < -0.4 is 5.32 Å². The van der Waals surface area contributed by atoms with Crippen LogP contribution >= 0.6 is 11.8 Å². The zero-order valence-corrected chi connectivity index (χ0v) is 19.7. The third-order valence-electron chi connectivity index (χ3n) is 6.26. The van der Waals surface area contributed by atoms with Crippen molar-refractivity contribution in [1.29, 1.82) is 0 Å². The number of amides is 1. The third kappa shape index (κ3) is 7.02. The Morgan fingerprint density at radius 2 is 2.09 bits per heavy atom. The molecule has 1 fully saturated rings. The summed E-state index contributed by atoms with van der Waals surface area (Å²) in [5.74, 6) is 1.81. The molecule has 2 aliphatic heterocycles. The second-order valence-electron chi connectivity index (χ2n) is 8.71. The number of carbonyl (C=O) groups excluding carboxylic acids is 1. The molecule has 0 aliphatic carbocycles. The van der Waals surface area contributed by atoms with Gasteiger partial charge in [0.25, 0.3) is 0 Å². The highest BCUT2D eigenvalue weighted by Gasteiger charge is 2.29. The molecule has 5 atom stereocenters. The number of halogens is 1. The van der Waals surface area contributed by atoms with Gasteiger partial charge in [-0.15, -0.1) is 0 Å². The standard InChI is InChI=1S/C24H35FN2O4S/c1-16-13-20(14-23(29)31-16)27(2)10-7-22(28)26-21(15-25)24(30)19-5-3-17(4-6-19)18-8-11-32-12-9-18/h3-6,8,16,20-21,23-24,29-30H,7,9-15H2,1-2H3,(H,26,28)/t16-,20+,21-,23-,24-/m1/s1. The van der Waals surface area contributed by atoms with E-state index in [1.165, 1.54) is 5.57 Å². The van der Waals surface area contributed by atoms with Crippen LogP contribution in [-0.2, 0) is 9.53 Å². The van der Waals surface area contributed by atoms with Crippen molar-refractivity contribution in [3.8, 4) is 0 Å². The Bertz CT molecular complexity index is 766. The van der Waals surface area contributed by atoms with Gasteiger partial charge < -0.3 is 25.2 Å². The van der Waals surface area contributed by atoms with Crippen molar-refractivity contribution in [3.63, 3.8) is 0 Å². The molecule has 0 spiro atoms. The number of hydrogen-bond acceptors (Lipinski definition) is 6. The zero-order chi connectivity index (χ0) is 23.1. The molecule has 3 rings (SSSR count). The van der Waals surface area contributed by atoms with Crippen molar-refractivity contribution in [2.75, 3.05) is 31.8 Å². The first kappa shape index (κ1) is 25.2. The Kier molecular flexibility index (Phi) is 9.55. The smallest absolute Gasteiger partial charge is 0.221 e. The summed E-state index contributed by atoms with van der Waals surface area (Å²) < 4.78 is 19.0. The molecule has 6 nitrogen and oxygen atoms in total. The fourth-order valence-corrected chi connectivity index (χ4v) is 5.16. The summed E-state index contributed by atoms with van der Waals surface area (Å²) in [7, 11) is 1.91. The van der Waals surface area contributed by atoms with E-state index < -0.39 is 25.1 Å². The number of alkyl halides is 1. The predicted molar refractivity (Wildman–Crippen MR) is 126 cm³/mol. The SMILES string of the molecule is C[C@@H]1C[C@H](N(C)CCC(=O)N[C@H](CF)[C@H](O)c2ccc(C3=CCSCC3)cc2)C[C@H](O)O1. The van der Waals surface area contributed by atoms with E-state index in [1.54, 1.807) is 0 Å². The molecular weight excluding hydrogens is 431 g/mol. The van der Waals surface area contributed by atoms with E-state index in [-0.39, 0.29) is 24.5 Å². The lowest BCUT2D eigenvalue weighted by molar-refractivity contribution is -0.173. The molecule has 0 aromatic heterocycles. The molecule has 178 valence electrons. The lowest BCUT2D eigenvalue weighted by atomic mass is 9.97. The minimum atomic E-state index is -1.11. The molecule has 1 saturated heterocycles. The number of thioether (sulfide) groups is 1. The van der Waals surface area contributed by atoms with Crippen LogP contribution in [0.5, 0.6) is 0 Å². The number of ether oxygens (including phenoxy) is 1. The molecule has 2 aliphatic rings. The summed E-state index contributed by atoms with van der Waals surface area (Å²) in [6, 6.07) is 6.66. The quantitative estimate of drug-likeness (QED) is 0.519. The fraction of sp³-hybridized carbons (Fsp3) is 0.625. The first-order chi connectivity index (χ1) is 15.4. The molecule has 8 heteroatoms. The van der Waals surface area contributed by atoms with Gasteiger partial charge in [-0.2, -0.15) is 11.8 Å². The van der Waals surface area contributed by atoms with Gasteiger partial charge >= 0.3 is 0 Å². The van der Waals surface area contributed by atoms with Crippen LogP contribution in [0.2, 0.25) is 0 Å². The Balaban J connectivity index is 1.50. The van der Waals surface area contributed by atoms with Crippen molar-refractivity contribution in [3.05, 3.63) is 41.5 Å². The summed E-state index contributed by atoms with van der Waals surface area (Å²) in [4.78, 5) is 14.5. The van der Waals surface area contributed by atoms with Gasteiger partial charge in [-0.05, 0) is 49.3 Å². The van der Waals surface area contributed by atoms with Crippen LogP contribution in [0.1, 0.15) is 49.8 Å². The Hall–Kier alpha value is -1.45. The van der Waals surface area contributed by atoms with E-state index in [0.717, 1.165) is 29.9 Å². The first-order valence-corrected chi connectivity index (χ1v) is 12.5. The number of allylic oxidation sites excluding steroid dienone is 1. The van der Waals surface area contributed by atoms with E-state index in [0.29, 0.717) is 18.5 Å². The molecule has 0 unspecified atom stereocenters. The van der Waals surface area contributed by atoms with Crippen molar-refractivity contribution in [1.82, 2.24) is 10.2 Å². The van der Waals surface area contributed by atoms with Gasteiger partial charge in [0.2, 0.25) is 5.91 Å². The highest BCUT2D eigenvalue weighted by atomic mass is 32.2. The van der Waals surface area contributed by atoms with Gasteiger partial charge in [0.05, 0.1) is 12.1 Å². The fourth-order valence-electron chi connectivity index (χ4n) is 4.31. The van der Waals surface area contributed by atoms with Gasteiger partial charge in [-0.3, -0.25) is 4.79 Å². The molecule has 2 heterocycles. The second-order valence-corrected chi connectivity index (χ2v) is 9.86. The second kappa shape index (κ2) is 12.1. The maximum Gasteiger partial charge on any atom is 0.221 e. The summed E-state index contributed by atoms with van der Waals surface area (Å²) in [6.45, 7) is 1.55. The predicted octanol–water partition coefficient (Wildman–Crippen LogP) is 2.90. The summed E-state index contributed by atoms with van der Waals surface area (Å²) >= 11 is 1.91. The zero-order valence-electron chi connectivity index (χ0n) is 18.9. The highest BCUT2D eigenvalue weighted by molar-refractivity contribution is 7.99. The van der Waals surface area contributed by atoms with Gasteiger partial charge in [0, 0.05) is 31.2 Å². The van der Waals surface area contributed by atoms with Crippen LogP contribution in [0.4, 0.5) is 4.39 Å². The van der Waals surface area contributed by atoms with Crippen molar-refractivity contribution in [2.24, 2.45) is 0 Å². The van der Waals surface area contributed by atoms with Crippen molar-refractivity contribution >= 4 is 23.2 Å². The molecule has 0 bridgehead atoms. The largest absolute Gasteiger partial charge is 0.386 e. The number of nitrogens with zero attached hydrogens (tertiary/aromatic N) is 1. The van der Waals surface area contributed by atoms with E-state index in [9.17, 15) is 19.4 Å². The third-order valence-corrected chi connectivity index (χ3v) is 7.16. The van der Waals surface area contributed by atoms with Crippen LogP contribution in [-0.4, -0.2) is 77.3 Å². The number of aliphatic hydroxyl groups excluding tert-OH is 2. The average Bonchev–Trinajstić information content (AvgIpc) is 2.80. The van der Waals surface area contributed by atoms with Crippen molar-refractivity contribution in [2.45, 2.75) is 63.2 Å². The molecule has 1 aromatic carbocycles. The molecule has 1 amide bonds. The monoisotopic (exact) mass is 466 g/mol. The van der Waals surface area contributed by atoms with Gasteiger partial charge in [0.15, 0.2) is 6.29 Å². The van der Waals surface area contributed by atoms with Crippen molar-refractivity contribution < 1.29 is 24.1 Å². The van der Waals surface area contributed by atoms with E-state index in [4.69, 9.17) is 4.74 Å². The van der Waals surface area contributed by atoms with Gasteiger partial charge in [-0.1, -0.05) is 30.3 Å². The minimum Gasteiger partial charge on any atom is -0.386 e. The Labute approximate surface area is 194 Å². The van der Waals surface area contributed by atoms with Crippen LogP contribution in [0, 0.1) is 0 Å². The molecular formula is C24H35FN2O4S. The number of rotatable bonds is 9. The van der Waals surface area contributed by atoms with E-state index in [1.807, 2.05) is 54.9 Å². The Morgan fingerprint density at radius 3 is 2.72 bits per heavy atom. The normalized spacial score (nSPS) is 25.8.